The van der Waals surface area contributed by atoms with Crippen LogP contribution in [0.2, 0.25) is 0 Å². The number of rotatable bonds is 4. The van der Waals surface area contributed by atoms with Crippen molar-refractivity contribution in [2.24, 2.45) is 0 Å². The molecule has 0 radical (unpaired) electrons. The zero-order valence-electron chi connectivity index (χ0n) is 14.0. The SMILES string of the molecule is Cc1ccc(CN2CCN(C(=O)CN3C(=O)CCC3=O)CC2)cc1. The van der Waals surface area contributed by atoms with Gasteiger partial charge in [0.25, 0.3) is 0 Å². The summed E-state index contributed by atoms with van der Waals surface area (Å²) in [7, 11) is 0. The predicted octanol–water partition coefficient (Wildman–Crippen LogP) is 0.788. The maximum atomic E-state index is 12.3. The second-order valence-corrected chi connectivity index (χ2v) is 6.52. The summed E-state index contributed by atoms with van der Waals surface area (Å²) >= 11 is 0. The molecule has 1 aromatic carbocycles. The van der Waals surface area contributed by atoms with Crippen LogP contribution in [0.25, 0.3) is 0 Å². The number of benzene rings is 1. The van der Waals surface area contributed by atoms with Gasteiger partial charge in [0.2, 0.25) is 17.7 Å². The summed E-state index contributed by atoms with van der Waals surface area (Å²) in [5.41, 5.74) is 2.52. The zero-order chi connectivity index (χ0) is 17.1. The van der Waals surface area contributed by atoms with Crippen molar-refractivity contribution in [1.82, 2.24) is 14.7 Å². The number of nitrogens with zero attached hydrogens (tertiary/aromatic N) is 3. The Bertz CT molecular complexity index is 617. The summed E-state index contributed by atoms with van der Waals surface area (Å²) in [5.74, 6) is -0.591. The van der Waals surface area contributed by atoms with Gasteiger partial charge in [-0.25, -0.2) is 0 Å². The number of likely N-dealkylation sites (tertiary alicyclic amines) is 1. The lowest BCUT2D eigenvalue weighted by Gasteiger charge is -2.35. The largest absolute Gasteiger partial charge is 0.339 e. The van der Waals surface area contributed by atoms with Crippen molar-refractivity contribution in [3.05, 3.63) is 35.4 Å². The molecule has 6 heteroatoms. The third kappa shape index (κ3) is 3.82. The molecule has 2 fully saturated rings. The normalized spacial score (nSPS) is 19.2. The number of amides is 3. The number of piperazine rings is 1. The van der Waals surface area contributed by atoms with Crippen molar-refractivity contribution in [3.8, 4) is 0 Å². The minimum absolute atomic E-state index is 0.102. The van der Waals surface area contributed by atoms with Gasteiger partial charge in [0.05, 0.1) is 0 Å². The topological polar surface area (TPSA) is 60.9 Å². The summed E-state index contributed by atoms with van der Waals surface area (Å²) in [5, 5.41) is 0. The maximum Gasteiger partial charge on any atom is 0.242 e. The molecule has 0 saturated carbocycles. The zero-order valence-corrected chi connectivity index (χ0v) is 14.0. The summed E-state index contributed by atoms with van der Waals surface area (Å²) in [6.45, 7) is 5.75. The molecule has 24 heavy (non-hydrogen) atoms. The Labute approximate surface area is 142 Å². The molecule has 2 aliphatic rings. The van der Waals surface area contributed by atoms with Gasteiger partial charge >= 0.3 is 0 Å². The summed E-state index contributed by atoms with van der Waals surface area (Å²) in [4.78, 5) is 40.7. The van der Waals surface area contributed by atoms with E-state index in [2.05, 4.69) is 36.1 Å². The van der Waals surface area contributed by atoms with Crippen LogP contribution >= 0.6 is 0 Å². The molecule has 128 valence electrons. The average Bonchev–Trinajstić information content (AvgIpc) is 2.89. The Morgan fingerprint density at radius 3 is 2.12 bits per heavy atom. The molecular weight excluding hydrogens is 306 g/mol. The highest BCUT2D eigenvalue weighted by molar-refractivity contribution is 6.04. The van der Waals surface area contributed by atoms with Crippen LogP contribution in [0.1, 0.15) is 24.0 Å². The van der Waals surface area contributed by atoms with Crippen molar-refractivity contribution in [3.63, 3.8) is 0 Å². The van der Waals surface area contributed by atoms with E-state index in [0.717, 1.165) is 24.5 Å². The van der Waals surface area contributed by atoms with E-state index in [0.29, 0.717) is 13.1 Å². The summed E-state index contributed by atoms with van der Waals surface area (Å²) in [6, 6.07) is 8.49. The van der Waals surface area contributed by atoms with Crippen molar-refractivity contribution in [1.29, 1.82) is 0 Å². The molecule has 0 unspecified atom stereocenters. The van der Waals surface area contributed by atoms with E-state index in [1.165, 1.54) is 11.1 Å². The van der Waals surface area contributed by atoms with Crippen LogP contribution in [0.3, 0.4) is 0 Å². The van der Waals surface area contributed by atoms with Gasteiger partial charge in [-0.05, 0) is 12.5 Å². The molecule has 6 nitrogen and oxygen atoms in total. The van der Waals surface area contributed by atoms with Gasteiger partial charge < -0.3 is 4.90 Å². The standard InChI is InChI=1S/C18H23N3O3/c1-14-2-4-15(5-3-14)12-19-8-10-20(11-9-19)18(24)13-21-16(22)6-7-17(21)23/h2-5H,6-13H2,1H3. The quantitative estimate of drug-likeness (QED) is 0.766. The third-order valence-electron chi connectivity index (χ3n) is 4.70. The number of aryl methyl sites for hydroxylation is 1. The van der Waals surface area contributed by atoms with Crippen molar-refractivity contribution in [2.75, 3.05) is 32.7 Å². The molecule has 2 aliphatic heterocycles. The van der Waals surface area contributed by atoms with E-state index in [4.69, 9.17) is 0 Å². The number of hydrogen-bond donors (Lipinski definition) is 0. The lowest BCUT2D eigenvalue weighted by molar-refractivity contribution is -0.146. The molecule has 3 rings (SSSR count). The Kier molecular flexibility index (Phi) is 4.94. The fraction of sp³-hybridized carbons (Fsp3) is 0.500. The molecule has 2 heterocycles. The van der Waals surface area contributed by atoms with Crippen LogP contribution in [0.5, 0.6) is 0 Å². The highest BCUT2D eigenvalue weighted by Crippen LogP contribution is 2.13. The Morgan fingerprint density at radius 2 is 1.54 bits per heavy atom. The molecule has 0 aliphatic carbocycles. The number of imide groups is 1. The highest BCUT2D eigenvalue weighted by atomic mass is 16.2. The van der Waals surface area contributed by atoms with Crippen molar-refractivity contribution >= 4 is 17.7 Å². The van der Waals surface area contributed by atoms with Crippen molar-refractivity contribution in [2.45, 2.75) is 26.3 Å². The van der Waals surface area contributed by atoms with Gasteiger partial charge in [0.1, 0.15) is 6.54 Å². The molecular formula is C18H23N3O3. The summed E-state index contributed by atoms with van der Waals surface area (Å²) in [6.07, 6.45) is 0.465. The van der Waals surface area contributed by atoms with E-state index >= 15 is 0 Å². The van der Waals surface area contributed by atoms with Crippen LogP contribution in [0, 0.1) is 6.92 Å². The lowest BCUT2D eigenvalue weighted by atomic mass is 10.1. The monoisotopic (exact) mass is 329 g/mol. The van der Waals surface area contributed by atoms with Gasteiger partial charge in [0, 0.05) is 45.6 Å². The van der Waals surface area contributed by atoms with E-state index < -0.39 is 0 Å². The molecule has 3 amide bonds. The van der Waals surface area contributed by atoms with Crippen molar-refractivity contribution < 1.29 is 14.4 Å². The third-order valence-corrected chi connectivity index (χ3v) is 4.70. The summed E-state index contributed by atoms with van der Waals surface area (Å²) < 4.78 is 0. The minimum Gasteiger partial charge on any atom is -0.339 e. The van der Waals surface area contributed by atoms with Gasteiger partial charge in [0.15, 0.2) is 0 Å². The Hall–Kier alpha value is -2.21. The van der Waals surface area contributed by atoms with Crippen LogP contribution in [-0.4, -0.2) is 65.1 Å². The van der Waals surface area contributed by atoms with Crippen LogP contribution < -0.4 is 0 Å². The number of hydrogen-bond acceptors (Lipinski definition) is 4. The fourth-order valence-electron chi connectivity index (χ4n) is 3.14. The van der Waals surface area contributed by atoms with Gasteiger partial charge in [-0.3, -0.25) is 24.2 Å². The Balaban J connectivity index is 1.47. The second kappa shape index (κ2) is 7.13. The number of carbonyl (C=O) groups is 3. The van der Waals surface area contributed by atoms with E-state index in [-0.39, 0.29) is 37.1 Å². The van der Waals surface area contributed by atoms with Crippen LogP contribution in [0.15, 0.2) is 24.3 Å². The first-order valence-corrected chi connectivity index (χ1v) is 8.42. The smallest absolute Gasteiger partial charge is 0.242 e. The van der Waals surface area contributed by atoms with Gasteiger partial charge in [-0.2, -0.15) is 0 Å². The van der Waals surface area contributed by atoms with E-state index in [1.807, 2.05) is 0 Å². The van der Waals surface area contributed by atoms with E-state index in [1.54, 1.807) is 4.90 Å². The first kappa shape index (κ1) is 16.6. The average molecular weight is 329 g/mol. The Morgan fingerprint density at radius 1 is 0.958 bits per heavy atom. The molecule has 0 bridgehead atoms. The minimum atomic E-state index is -0.230. The van der Waals surface area contributed by atoms with E-state index in [9.17, 15) is 14.4 Å². The molecule has 2 saturated heterocycles. The van der Waals surface area contributed by atoms with Gasteiger partial charge in [-0.15, -0.1) is 0 Å². The molecule has 0 N–H and O–H groups in total. The second-order valence-electron chi connectivity index (χ2n) is 6.52. The van der Waals surface area contributed by atoms with Crippen LogP contribution in [-0.2, 0) is 20.9 Å². The van der Waals surface area contributed by atoms with Crippen LogP contribution in [0.4, 0.5) is 0 Å². The molecule has 1 aromatic rings. The van der Waals surface area contributed by atoms with Gasteiger partial charge in [-0.1, -0.05) is 29.8 Å². The molecule has 0 spiro atoms. The molecule has 0 aromatic heterocycles. The fourth-order valence-corrected chi connectivity index (χ4v) is 3.14. The maximum absolute atomic E-state index is 12.3. The molecule has 0 atom stereocenters. The lowest BCUT2D eigenvalue weighted by Crippen LogP contribution is -2.51. The predicted molar refractivity (Wildman–Crippen MR) is 89.0 cm³/mol. The first-order chi connectivity index (χ1) is 11.5. The first-order valence-electron chi connectivity index (χ1n) is 8.42. The highest BCUT2D eigenvalue weighted by Gasteiger charge is 2.32. The number of carbonyl (C=O) groups excluding carboxylic acids is 3.